The van der Waals surface area contributed by atoms with E-state index in [4.69, 9.17) is 0 Å². The fourth-order valence-electron chi connectivity index (χ4n) is 3.87. The zero-order chi connectivity index (χ0) is 18.3. The second-order valence-corrected chi connectivity index (χ2v) is 6.94. The largest absolute Gasteiger partial charge is 0.325 e. The summed E-state index contributed by atoms with van der Waals surface area (Å²) in [4.78, 5) is 23.2. The Bertz CT molecular complexity index is 960. The molecule has 0 spiro atoms. The van der Waals surface area contributed by atoms with Crippen LogP contribution in [0.15, 0.2) is 36.4 Å². The number of carbonyl (C=O) groups is 1. The molecule has 2 aromatic carbocycles. The van der Waals surface area contributed by atoms with Crippen molar-refractivity contribution in [3.05, 3.63) is 68.8 Å². The molecule has 0 aromatic heterocycles. The van der Waals surface area contributed by atoms with Gasteiger partial charge >= 0.3 is 0 Å². The van der Waals surface area contributed by atoms with Crippen LogP contribution in [-0.4, -0.2) is 10.8 Å². The normalized spacial score (nSPS) is 15.0. The molecule has 5 heteroatoms. The maximum atomic E-state index is 12.4. The minimum Gasteiger partial charge on any atom is -0.325 e. The van der Waals surface area contributed by atoms with Gasteiger partial charge in [0.15, 0.2) is 0 Å². The first-order chi connectivity index (χ1) is 12.6. The molecule has 132 valence electrons. The molecule has 0 fully saturated rings. The van der Waals surface area contributed by atoms with Gasteiger partial charge in [-0.25, -0.2) is 0 Å². The van der Waals surface area contributed by atoms with Gasteiger partial charge in [0, 0.05) is 23.4 Å². The number of allylic oxidation sites excluding steroid dienone is 1. The molecule has 0 saturated carbocycles. The second-order valence-electron chi connectivity index (χ2n) is 6.94. The number of unbranched alkanes of at least 4 members (excludes halogenated alkanes) is 1. The molecular formula is C21H20N2O3. The number of fused-ring (bicyclic) bond motifs is 4. The van der Waals surface area contributed by atoms with Crippen molar-refractivity contribution in [2.45, 2.75) is 39.0 Å². The lowest BCUT2D eigenvalue weighted by Crippen LogP contribution is -2.11. The molecule has 1 aliphatic carbocycles. The van der Waals surface area contributed by atoms with Gasteiger partial charge in [-0.3, -0.25) is 14.9 Å². The lowest BCUT2D eigenvalue weighted by atomic mass is 9.95. The van der Waals surface area contributed by atoms with Crippen LogP contribution < -0.4 is 5.32 Å². The molecule has 2 aromatic rings. The minimum absolute atomic E-state index is 0.0686. The molecule has 0 unspecified atom stereocenters. The Morgan fingerprint density at radius 1 is 1.08 bits per heavy atom. The van der Waals surface area contributed by atoms with Crippen LogP contribution >= 0.6 is 0 Å². The van der Waals surface area contributed by atoms with E-state index in [1.807, 2.05) is 12.1 Å². The van der Waals surface area contributed by atoms with Crippen molar-refractivity contribution in [3.63, 3.8) is 0 Å². The average molecular weight is 348 g/mol. The maximum absolute atomic E-state index is 12.4. The monoisotopic (exact) mass is 348 g/mol. The van der Waals surface area contributed by atoms with E-state index in [0.717, 1.165) is 52.8 Å². The first kappa shape index (κ1) is 16.5. The minimum atomic E-state index is -0.383. The van der Waals surface area contributed by atoms with Crippen molar-refractivity contribution in [2.75, 3.05) is 5.32 Å². The fraction of sp³-hybridized carbons (Fsp3) is 0.286. The maximum Gasteiger partial charge on any atom is 0.270 e. The summed E-state index contributed by atoms with van der Waals surface area (Å²) in [5.41, 5.74) is 7.16. The first-order valence-electron chi connectivity index (χ1n) is 8.99. The molecule has 0 saturated heterocycles. The molecule has 1 N–H and O–H groups in total. The van der Waals surface area contributed by atoms with E-state index in [2.05, 4.69) is 24.4 Å². The molecule has 0 atom stereocenters. The summed E-state index contributed by atoms with van der Waals surface area (Å²) in [5, 5.41) is 14.1. The highest BCUT2D eigenvalue weighted by Crippen LogP contribution is 2.45. The Labute approximate surface area is 151 Å². The number of carbonyl (C=O) groups excluding carboxylic acids is 1. The van der Waals surface area contributed by atoms with Gasteiger partial charge in [0.2, 0.25) is 5.91 Å². The van der Waals surface area contributed by atoms with Gasteiger partial charge in [0.25, 0.3) is 5.69 Å². The smallest absolute Gasteiger partial charge is 0.270 e. The highest BCUT2D eigenvalue weighted by molar-refractivity contribution is 6.12. The zero-order valence-electron chi connectivity index (χ0n) is 14.7. The predicted octanol–water partition coefficient (Wildman–Crippen LogP) is 4.75. The van der Waals surface area contributed by atoms with Crippen molar-refractivity contribution in [2.24, 2.45) is 0 Å². The summed E-state index contributed by atoms with van der Waals surface area (Å²) in [6.45, 7) is 2.17. The predicted molar refractivity (Wildman–Crippen MR) is 102 cm³/mol. The fourth-order valence-corrected chi connectivity index (χ4v) is 3.87. The van der Waals surface area contributed by atoms with Crippen molar-refractivity contribution in [3.8, 4) is 0 Å². The van der Waals surface area contributed by atoms with Crippen molar-refractivity contribution in [1.29, 1.82) is 0 Å². The number of nitrogens with one attached hydrogen (secondary N) is 1. The number of amides is 1. The first-order valence-corrected chi connectivity index (χ1v) is 8.99. The van der Waals surface area contributed by atoms with Crippen molar-refractivity contribution >= 4 is 28.4 Å². The molecule has 5 nitrogen and oxygen atoms in total. The summed E-state index contributed by atoms with van der Waals surface area (Å²) >= 11 is 0. The number of rotatable bonds is 4. The van der Waals surface area contributed by atoms with Crippen LogP contribution in [0.1, 0.15) is 48.4 Å². The van der Waals surface area contributed by atoms with Gasteiger partial charge in [-0.15, -0.1) is 0 Å². The number of hydrogen-bond donors (Lipinski definition) is 1. The van der Waals surface area contributed by atoms with Crippen LogP contribution in [0, 0.1) is 10.1 Å². The summed E-state index contributed by atoms with van der Waals surface area (Å²) in [7, 11) is 0. The summed E-state index contributed by atoms with van der Waals surface area (Å²) in [5.74, 6) is -0.0723. The van der Waals surface area contributed by atoms with E-state index in [1.165, 1.54) is 5.56 Å². The van der Waals surface area contributed by atoms with E-state index >= 15 is 0 Å². The van der Waals surface area contributed by atoms with Crippen LogP contribution in [0.4, 0.5) is 11.4 Å². The molecule has 2 aliphatic rings. The third kappa shape index (κ3) is 2.79. The van der Waals surface area contributed by atoms with Gasteiger partial charge in [-0.1, -0.05) is 25.5 Å². The van der Waals surface area contributed by atoms with Crippen LogP contribution in [-0.2, 0) is 17.6 Å². The van der Waals surface area contributed by atoms with E-state index < -0.39 is 0 Å². The highest BCUT2D eigenvalue weighted by Gasteiger charge is 2.30. The van der Waals surface area contributed by atoms with Gasteiger partial charge < -0.3 is 5.32 Å². The quantitative estimate of drug-likeness (QED) is 0.640. The van der Waals surface area contributed by atoms with E-state index in [9.17, 15) is 14.9 Å². The average Bonchev–Trinajstić information content (AvgIpc) is 2.91. The number of nitro groups is 1. The Morgan fingerprint density at radius 2 is 1.88 bits per heavy atom. The number of non-ortho nitro benzene ring substituents is 1. The Balaban J connectivity index is 1.84. The van der Waals surface area contributed by atoms with Crippen LogP contribution in [0.5, 0.6) is 0 Å². The second kappa shape index (κ2) is 6.41. The number of benzene rings is 2. The SMILES string of the molecule is CCCCc1ccc2c(c1)C1=C(CC(=O)N2)c2cc([N+](=O)[O-])ccc2C1. The van der Waals surface area contributed by atoms with Crippen LogP contribution in [0.25, 0.3) is 11.1 Å². The zero-order valence-corrected chi connectivity index (χ0v) is 14.7. The molecule has 0 radical (unpaired) electrons. The topological polar surface area (TPSA) is 72.2 Å². The third-order valence-corrected chi connectivity index (χ3v) is 5.20. The molecule has 26 heavy (non-hydrogen) atoms. The third-order valence-electron chi connectivity index (χ3n) is 5.20. The highest BCUT2D eigenvalue weighted by atomic mass is 16.6. The Kier molecular flexibility index (Phi) is 4.07. The lowest BCUT2D eigenvalue weighted by Gasteiger charge is -2.12. The van der Waals surface area contributed by atoms with Gasteiger partial charge in [0.05, 0.1) is 11.3 Å². The Morgan fingerprint density at radius 3 is 2.65 bits per heavy atom. The van der Waals surface area contributed by atoms with Gasteiger partial charge in [-0.2, -0.15) is 0 Å². The number of nitro benzene ring substituents is 1. The molecule has 1 heterocycles. The number of anilines is 1. The van der Waals surface area contributed by atoms with Crippen LogP contribution in [0.3, 0.4) is 0 Å². The molecular weight excluding hydrogens is 328 g/mol. The number of aryl methyl sites for hydroxylation is 1. The van der Waals surface area contributed by atoms with Gasteiger partial charge in [-0.05, 0) is 59.2 Å². The Hall–Kier alpha value is -2.95. The van der Waals surface area contributed by atoms with Gasteiger partial charge in [0.1, 0.15) is 0 Å². The molecule has 1 amide bonds. The van der Waals surface area contributed by atoms with Crippen molar-refractivity contribution < 1.29 is 9.72 Å². The summed E-state index contributed by atoms with van der Waals surface area (Å²) < 4.78 is 0. The molecule has 0 bridgehead atoms. The summed E-state index contributed by atoms with van der Waals surface area (Å²) in [6, 6.07) is 11.2. The molecule has 4 rings (SSSR count). The standard InChI is InChI=1S/C21H20N2O3/c1-2-3-4-13-5-8-20-19(9-13)17-10-14-6-7-15(23(25)26)11-16(14)18(17)12-21(24)22-20/h5-9,11H,2-4,10,12H2,1H3,(H,22,24). The lowest BCUT2D eigenvalue weighted by molar-refractivity contribution is -0.384. The molecule has 1 aliphatic heterocycles. The van der Waals surface area contributed by atoms with E-state index in [1.54, 1.807) is 12.1 Å². The van der Waals surface area contributed by atoms with E-state index in [-0.39, 0.29) is 22.9 Å². The summed E-state index contributed by atoms with van der Waals surface area (Å²) in [6.07, 6.45) is 4.24. The number of hydrogen-bond acceptors (Lipinski definition) is 3. The number of nitrogens with zero attached hydrogens (tertiary/aromatic N) is 1. The van der Waals surface area contributed by atoms with E-state index in [0.29, 0.717) is 6.42 Å². The van der Waals surface area contributed by atoms with Crippen LogP contribution in [0.2, 0.25) is 0 Å². The van der Waals surface area contributed by atoms with Crippen molar-refractivity contribution in [1.82, 2.24) is 0 Å².